The van der Waals surface area contributed by atoms with Gasteiger partial charge >= 0.3 is 0 Å². The van der Waals surface area contributed by atoms with E-state index in [9.17, 15) is 0 Å². The maximum atomic E-state index is 5.67. The van der Waals surface area contributed by atoms with Gasteiger partial charge in [-0.2, -0.15) is 0 Å². The Kier molecular flexibility index (Phi) is 4.12. The van der Waals surface area contributed by atoms with Gasteiger partial charge in [-0.3, -0.25) is 0 Å². The third-order valence-electron chi connectivity index (χ3n) is 2.56. The molecule has 4 nitrogen and oxygen atoms in total. The molecule has 1 saturated carbocycles. The van der Waals surface area contributed by atoms with Crippen molar-refractivity contribution in [1.82, 2.24) is 15.5 Å². The van der Waals surface area contributed by atoms with Gasteiger partial charge in [0.25, 0.3) is 5.19 Å². The van der Waals surface area contributed by atoms with Crippen LogP contribution in [0.15, 0.2) is 0 Å². The molecule has 1 N–H and O–H groups in total. The number of hydrogen-bond donors (Lipinski definition) is 1. The van der Waals surface area contributed by atoms with Crippen molar-refractivity contribution in [3.63, 3.8) is 0 Å². The molecule has 0 radical (unpaired) electrons. The lowest BCUT2D eigenvalue weighted by atomic mass is 10.2. The minimum Gasteiger partial charge on any atom is -0.466 e. The number of hydrogen-bond acceptors (Lipinski definition) is 5. The van der Waals surface area contributed by atoms with Crippen molar-refractivity contribution >= 4 is 11.3 Å². The maximum absolute atomic E-state index is 5.67. The summed E-state index contributed by atoms with van der Waals surface area (Å²) in [6.45, 7) is 5.06. The van der Waals surface area contributed by atoms with Gasteiger partial charge < -0.3 is 10.1 Å². The minimum atomic E-state index is 0.238. The van der Waals surface area contributed by atoms with E-state index in [0.717, 1.165) is 24.4 Å². The number of rotatable bonds is 7. The van der Waals surface area contributed by atoms with E-state index in [1.807, 2.05) is 0 Å². The van der Waals surface area contributed by atoms with Gasteiger partial charge in [0.05, 0.1) is 12.6 Å². The van der Waals surface area contributed by atoms with Crippen LogP contribution in [-0.2, 0) is 6.54 Å². The van der Waals surface area contributed by atoms with Crippen LogP contribution in [0.3, 0.4) is 0 Å². The lowest BCUT2D eigenvalue weighted by molar-refractivity contribution is 0.207. The van der Waals surface area contributed by atoms with Gasteiger partial charge in [-0.05, 0) is 26.2 Å². The monoisotopic (exact) mass is 241 g/mol. The quantitative estimate of drug-likeness (QED) is 0.796. The highest BCUT2D eigenvalue weighted by molar-refractivity contribution is 7.13. The first kappa shape index (κ1) is 11.8. The summed E-state index contributed by atoms with van der Waals surface area (Å²) in [6.07, 6.45) is 5.04. The summed E-state index contributed by atoms with van der Waals surface area (Å²) in [7, 11) is 0. The first-order chi connectivity index (χ1) is 7.78. The van der Waals surface area contributed by atoms with Gasteiger partial charge in [0.15, 0.2) is 0 Å². The van der Waals surface area contributed by atoms with Crippen molar-refractivity contribution in [3.05, 3.63) is 5.01 Å². The molecular weight excluding hydrogens is 222 g/mol. The molecule has 1 aromatic rings. The molecular formula is C11H19N3OS. The standard InChI is InChI=1S/C11H19N3OS/c1-3-4-8(2)15-11-14-13-10(16-11)7-12-9-5-6-9/h8-9,12H,3-7H2,1-2H3. The molecule has 2 rings (SSSR count). The molecule has 0 aliphatic heterocycles. The zero-order chi connectivity index (χ0) is 11.4. The molecule has 1 fully saturated rings. The lowest BCUT2D eigenvalue weighted by Gasteiger charge is -2.09. The summed E-state index contributed by atoms with van der Waals surface area (Å²) in [6, 6.07) is 0.715. The molecule has 90 valence electrons. The van der Waals surface area contributed by atoms with Crippen LogP contribution in [0.5, 0.6) is 5.19 Å². The Morgan fingerprint density at radius 2 is 2.31 bits per heavy atom. The highest BCUT2D eigenvalue weighted by Gasteiger charge is 2.20. The average molecular weight is 241 g/mol. The summed E-state index contributed by atoms with van der Waals surface area (Å²) in [5.74, 6) is 0. The molecule has 1 atom stereocenters. The van der Waals surface area contributed by atoms with Crippen LogP contribution in [0.4, 0.5) is 0 Å². The Balaban J connectivity index is 1.76. The van der Waals surface area contributed by atoms with E-state index in [4.69, 9.17) is 4.74 Å². The Morgan fingerprint density at radius 3 is 3.00 bits per heavy atom. The fourth-order valence-corrected chi connectivity index (χ4v) is 2.25. The van der Waals surface area contributed by atoms with E-state index in [1.165, 1.54) is 12.8 Å². The molecule has 0 saturated heterocycles. The van der Waals surface area contributed by atoms with Crippen LogP contribution in [0, 0.1) is 0 Å². The van der Waals surface area contributed by atoms with E-state index >= 15 is 0 Å². The smallest absolute Gasteiger partial charge is 0.294 e. The van der Waals surface area contributed by atoms with Crippen LogP contribution in [0.2, 0.25) is 0 Å². The number of nitrogens with zero attached hydrogens (tertiary/aromatic N) is 2. The molecule has 1 aliphatic carbocycles. The predicted octanol–water partition coefficient (Wildman–Crippen LogP) is 2.36. The molecule has 0 amide bonds. The second kappa shape index (κ2) is 5.59. The molecule has 0 bridgehead atoms. The molecule has 1 aromatic heterocycles. The molecule has 1 aliphatic rings. The predicted molar refractivity (Wildman–Crippen MR) is 64.8 cm³/mol. The van der Waals surface area contributed by atoms with Gasteiger partial charge in [0.1, 0.15) is 5.01 Å². The number of aromatic nitrogens is 2. The first-order valence-electron chi connectivity index (χ1n) is 6.00. The van der Waals surface area contributed by atoms with Crippen molar-refractivity contribution in [1.29, 1.82) is 0 Å². The number of nitrogens with one attached hydrogen (secondary N) is 1. The fraction of sp³-hybridized carbons (Fsp3) is 0.818. The Morgan fingerprint density at radius 1 is 1.50 bits per heavy atom. The molecule has 0 aromatic carbocycles. The van der Waals surface area contributed by atoms with Crippen LogP contribution >= 0.6 is 11.3 Å². The molecule has 0 spiro atoms. The van der Waals surface area contributed by atoms with Crippen LogP contribution in [-0.4, -0.2) is 22.3 Å². The molecule has 16 heavy (non-hydrogen) atoms. The van der Waals surface area contributed by atoms with Crippen molar-refractivity contribution in [3.8, 4) is 5.19 Å². The SMILES string of the molecule is CCCC(C)Oc1nnc(CNC2CC2)s1. The number of ether oxygens (including phenoxy) is 1. The summed E-state index contributed by atoms with van der Waals surface area (Å²) in [4.78, 5) is 0. The van der Waals surface area contributed by atoms with Crippen molar-refractivity contribution in [2.75, 3.05) is 0 Å². The van der Waals surface area contributed by atoms with E-state index in [1.54, 1.807) is 11.3 Å². The molecule has 1 heterocycles. The van der Waals surface area contributed by atoms with Crippen molar-refractivity contribution < 1.29 is 4.74 Å². The summed E-state index contributed by atoms with van der Waals surface area (Å²) >= 11 is 1.55. The summed E-state index contributed by atoms with van der Waals surface area (Å²) < 4.78 is 5.67. The van der Waals surface area contributed by atoms with E-state index in [-0.39, 0.29) is 6.10 Å². The summed E-state index contributed by atoms with van der Waals surface area (Å²) in [5.41, 5.74) is 0. The van der Waals surface area contributed by atoms with Gasteiger partial charge in [0, 0.05) is 6.04 Å². The van der Waals surface area contributed by atoms with E-state index < -0.39 is 0 Å². The maximum Gasteiger partial charge on any atom is 0.294 e. The zero-order valence-corrected chi connectivity index (χ0v) is 10.7. The largest absolute Gasteiger partial charge is 0.466 e. The zero-order valence-electron chi connectivity index (χ0n) is 9.90. The lowest BCUT2D eigenvalue weighted by Crippen LogP contribution is -2.14. The Bertz CT molecular complexity index is 325. The van der Waals surface area contributed by atoms with E-state index in [2.05, 4.69) is 29.4 Å². The van der Waals surface area contributed by atoms with Crippen LogP contribution in [0.1, 0.15) is 44.5 Å². The second-order valence-electron chi connectivity index (χ2n) is 4.33. The Hall–Kier alpha value is -0.680. The minimum absolute atomic E-state index is 0.238. The fourth-order valence-electron chi connectivity index (χ4n) is 1.51. The second-order valence-corrected chi connectivity index (χ2v) is 5.36. The molecule has 1 unspecified atom stereocenters. The van der Waals surface area contributed by atoms with Crippen molar-refractivity contribution in [2.45, 2.75) is 58.2 Å². The van der Waals surface area contributed by atoms with Gasteiger partial charge in [-0.25, -0.2) is 0 Å². The van der Waals surface area contributed by atoms with Crippen LogP contribution < -0.4 is 10.1 Å². The van der Waals surface area contributed by atoms with Gasteiger partial charge in [-0.15, -0.1) is 5.10 Å². The van der Waals surface area contributed by atoms with Crippen LogP contribution in [0.25, 0.3) is 0 Å². The van der Waals surface area contributed by atoms with Crippen molar-refractivity contribution in [2.24, 2.45) is 0 Å². The van der Waals surface area contributed by atoms with E-state index in [0.29, 0.717) is 11.2 Å². The topological polar surface area (TPSA) is 47.0 Å². The highest BCUT2D eigenvalue weighted by atomic mass is 32.1. The molecule has 5 heteroatoms. The third kappa shape index (κ3) is 3.72. The summed E-state index contributed by atoms with van der Waals surface area (Å²) in [5, 5.41) is 13.3. The third-order valence-corrected chi connectivity index (χ3v) is 3.38. The average Bonchev–Trinajstić information content (AvgIpc) is 2.98. The Labute approximate surface area is 100 Å². The van der Waals surface area contributed by atoms with Gasteiger partial charge in [0.2, 0.25) is 0 Å². The highest BCUT2D eigenvalue weighted by Crippen LogP contribution is 2.22. The van der Waals surface area contributed by atoms with Gasteiger partial charge in [-0.1, -0.05) is 29.8 Å². The normalized spacial score (nSPS) is 17.4. The first-order valence-corrected chi connectivity index (χ1v) is 6.82.